The second kappa shape index (κ2) is 9.14. The zero-order valence-corrected chi connectivity index (χ0v) is 19.8. The molecule has 6 heteroatoms. The number of allylic oxidation sites excluding steroid dienone is 1. The van der Waals surface area contributed by atoms with Gasteiger partial charge >= 0.3 is 0 Å². The van der Waals surface area contributed by atoms with Crippen LogP contribution in [0.4, 0.5) is 0 Å². The quantitative estimate of drug-likeness (QED) is 0.595. The molecule has 0 fully saturated rings. The first-order valence-electron chi connectivity index (χ1n) is 11.4. The van der Waals surface area contributed by atoms with Crippen LogP contribution in [0, 0.1) is 11.3 Å². The van der Waals surface area contributed by atoms with Gasteiger partial charge in [-0.2, -0.15) is 0 Å². The molecule has 3 atom stereocenters. The number of benzene rings is 2. The molecule has 0 saturated carbocycles. The molecule has 0 aliphatic carbocycles. The number of aliphatic hydroxyl groups is 1. The molecular formula is C26H32N2O3Si. The van der Waals surface area contributed by atoms with Gasteiger partial charge in [0.25, 0.3) is 8.32 Å². The summed E-state index contributed by atoms with van der Waals surface area (Å²) >= 11 is 0. The van der Waals surface area contributed by atoms with Crippen LogP contribution < -0.4 is 15.7 Å². The molecule has 3 N–H and O–H groups in total. The van der Waals surface area contributed by atoms with Gasteiger partial charge in [-0.25, -0.2) is 0 Å². The van der Waals surface area contributed by atoms with Crippen molar-refractivity contribution in [2.24, 2.45) is 5.92 Å². The van der Waals surface area contributed by atoms with Crippen molar-refractivity contribution in [3.63, 3.8) is 0 Å². The van der Waals surface area contributed by atoms with Gasteiger partial charge in [0.05, 0.1) is 6.10 Å². The summed E-state index contributed by atoms with van der Waals surface area (Å²) in [6.45, 7) is 5.03. The topological polar surface area (TPSA) is 82.4 Å². The van der Waals surface area contributed by atoms with Gasteiger partial charge in [-0.1, -0.05) is 74.5 Å². The van der Waals surface area contributed by atoms with Crippen molar-refractivity contribution >= 4 is 30.4 Å². The normalized spacial score (nSPS) is 26.5. The Kier molecular flexibility index (Phi) is 6.47. The van der Waals surface area contributed by atoms with E-state index >= 15 is 0 Å². The molecule has 1 amide bonds. The van der Waals surface area contributed by atoms with Crippen LogP contribution in [0.2, 0.25) is 0 Å². The Morgan fingerprint density at radius 2 is 1.91 bits per heavy atom. The van der Waals surface area contributed by atoms with Crippen LogP contribution in [-0.4, -0.2) is 37.9 Å². The molecule has 0 radical (unpaired) electrons. The summed E-state index contributed by atoms with van der Waals surface area (Å²) in [4.78, 5) is 11.9. The second-order valence-electron chi connectivity index (χ2n) is 9.32. The fourth-order valence-electron chi connectivity index (χ4n) is 5.30. The predicted molar refractivity (Wildman–Crippen MR) is 130 cm³/mol. The smallest absolute Gasteiger partial charge is 0.265 e. The number of fused-ring (bicyclic) bond motifs is 1. The third kappa shape index (κ3) is 3.98. The van der Waals surface area contributed by atoms with E-state index in [2.05, 4.69) is 67.7 Å². The maximum absolute atomic E-state index is 11.9. The van der Waals surface area contributed by atoms with Gasteiger partial charge in [0.1, 0.15) is 5.84 Å². The summed E-state index contributed by atoms with van der Waals surface area (Å²) in [6.07, 6.45) is 5.00. The Bertz CT molecular complexity index is 1020. The summed E-state index contributed by atoms with van der Waals surface area (Å²) < 4.78 is 6.82. The van der Waals surface area contributed by atoms with Crippen LogP contribution in [0.5, 0.6) is 0 Å². The number of nitrogens with one attached hydrogen (secondary N) is 2. The van der Waals surface area contributed by atoms with E-state index in [-0.39, 0.29) is 22.7 Å². The van der Waals surface area contributed by atoms with Crippen molar-refractivity contribution in [1.82, 2.24) is 5.32 Å². The van der Waals surface area contributed by atoms with Crippen LogP contribution in [0.25, 0.3) is 0 Å². The van der Waals surface area contributed by atoms with E-state index in [1.807, 2.05) is 12.1 Å². The molecule has 0 saturated heterocycles. The molecule has 2 unspecified atom stereocenters. The molecule has 0 spiro atoms. The van der Waals surface area contributed by atoms with E-state index in [0.29, 0.717) is 32.3 Å². The van der Waals surface area contributed by atoms with Gasteiger partial charge in [-0.3, -0.25) is 10.2 Å². The Balaban J connectivity index is 1.50. The minimum atomic E-state index is -2.45. The Morgan fingerprint density at radius 1 is 1.19 bits per heavy atom. The molecule has 168 valence electrons. The lowest BCUT2D eigenvalue weighted by molar-refractivity contribution is -0.120. The molecule has 5 nitrogen and oxygen atoms in total. The number of aliphatic hydroxyl groups excluding tert-OH is 1. The van der Waals surface area contributed by atoms with E-state index in [1.54, 1.807) is 6.08 Å². The van der Waals surface area contributed by atoms with Crippen molar-refractivity contribution in [2.75, 3.05) is 6.61 Å². The lowest BCUT2D eigenvalue weighted by Crippen LogP contribution is -2.80. The third-order valence-corrected chi connectivity index (χ3v) is 12.1. The van der Waals surface area contributed by atoms with Gasteiger partial charge < -0.3 is 14.8 Å². The molecule has 0 bridgehead atoms. The average molecular weight is 449 g/mol. The summed E-state index contributed by atoms with van der Waals surface area (Å²) in [5, 5.41) is 23.7. The Morgan fingerprint density at radius 3 is 2.69 bits per heavy atom. The summed E-state index contributed by atoms with van der Waals surface area (Å²) in [6, 6.07) is 19.1. The first-order valence-corrected chi connectivity index (χ1v) is 13.3. The Hall–Kier alpha value is -2.54. The SMILES string of the molecule is CC1(C)c2ccccc2[Si]1(OCCC(O)[C@H]1C/C=C\C(=N)NC(=O)CC1)c1ccccc1. The number of amides is 1. The van der Waals surface area contributed by atoms with Gasteiger partial charge in [0.15, 0.2) is 0 Å². The van der Waals surface area contributed by atoms with Crippen molar-refractivity contribution in [3.05, 3.63) is 72.3 Å². The number of rotatable bonds is 6. The van der Waals surface area contributed by atoms with Gasteiger partial charge in [-0.15, -0.1) is 0 Å². The highest BCUT2D eigenvalue weighted by atomic mass is 28.4. The predicted octanol–water partition coefficient (Wildman–Crippen LogP) is 2.79. The van der Waals surface area contributed by atoms with Crippen LogP contribution in [0.3, 0.4) is 0 Å². The van der Waals surface area contributed by atoms with Crippen LogP contribution in [0.1, 0.15) is 45.1 Å². The standard InChI is InChI=1S/C26H32N2O3Si/c1-26(2)21-12-6-7-13-23(21)32(26,20-10-4-3-5-11-20)31-18-17-22(29)19-9-8-14-24(27)28-25(30)16-15-19/h3-8,10-14,19,22,29H,9,15-18H2,1-2H3,(H2,27,28,30)/b14-8-/t19-,22?,32?/m0/s1. The lowest BCUT2D eigenvalue weighted by atomic mass is 9.91. The Labute approximate surface area is 191 Å². The molecule has 2 aliphatic rings. The highest BCUT2D eigenvalue weighted by Gasteiger charge is 2.62. The fraction of sp³-hybridized carbons (Fsp3) is 0.385. The minimum absolute atomic E-state index is 0.0254. The summed E-state index contributed by atoms with van der Waals surface area (Å²) in [5.74, 6) is -0.0871. The maximum atomic E-state index is 11.9. The van der Waals surface area contributed by atoms with Crippen LogP contribution >= 0.6 is 0 Å². The molecule has 2 aliphatic heterocycles. The van der Waals surface area contributed by atoms with Crippen molar-refractivity contribution in [3.8, 4) is 0 Å². The van der Waals surface area contributed by atoms with Crippen LogP contribution in [-0.2, 0) is 14.3 Å². The lowest BCUT2D eigenvalue weighted by Gasteiger charge is -2.55. The molecule has 2 aromatic rings. The second-order valence-corrected chi connectivity index (χ2v) is 13.3. The van der Waals surface area contributed by atoms with E-state index in [9.17, 15) is 9.90 Å². The molecule has 32 heavy (non-hydrogen) atoms. The molecule has 2 heterocycles. The third-order valence-electron chi connectivity index (χ3n) is 7.06. The maximum Gasteiger partial charge on any atom is 0.265 e. The van der Waals surface area contributed by atoms with Crippen molar-refractivity contribution < 1.29 is 14.3 Å². The molecule has 0 aromatic heterocycles. The summed E-state index contributed by atoms with van der Waals surface area (Å²) in [5.41, 5.74) is 1.35. The van der Waals surface area contributed by atoms with Crippen molar-refractivity contribution in [2.45, 2.75) is 50.7 Å². The van der Waals surface area contributed by atoms with Gasteiger partial charge in [-0.05, 0) is 47.2 Å². The van der Waals surface area contributed by atoms with E-state index in [4.69, 9.17) is 9.84 Å². The molecule has 2 aromatic carbocycles. The number of carbonyl (C=O) groups excluding carboxylic acids is 1. The zero-order valence-electron chi connectivity index (χ0n) is 18.8. The molecule has 4 rings (SSSR count). The highest BCUT2D eigenvalue weighted by Crippen LogP contribution is 2.42. The molecular weight excluding hydrogens is 416 g/mol. The fourth-order valence-corrected chi connectivity index (χ4v) is 10.3. The van der Waals surface area contributed by atoms with Gasteiger partial charge in [0.2, 0.25) is 5.91 Å². The van der Waals surface area contributed by atoms with Gasteiger partial charge in [0, 0.05) is 18.1 Å². The van der Waals surface area contributed by atoms with E-state index in [1.165, 1.54) is 15.9 Å². The minimum Gasteiger partial charge on any atom is -0.407 e. The first-order chi connectivity index (χ1) is 15.4. The first kappa shape index (κ1) is 22.6. The average Bonchev–Trinajstić information content (AvgIpc) is 2.87. The summed E-state index contributed by atoms with van der Waals surface area (Å²) in [7, 11) is -2.45. The highest BCUT2D eigenvalue weighted by molar-refractivity contribution is 7.03. The number of carbonyl (C=O) groups is 1. The monoisotopic (exact) mass is 448 g/mol. The number of amidine groups is 1. The number of hydrogen-bond acceptors (Lipinski definition) is 4. The van der Waals surface area contributed by atoms with E-state index in [0.717, 1.165) is 0 Å². The largest absolute Gasteiger partial charge is 0.407 e. The van der Waals surface area contributed by atoms with Crippen LogP contribution in [0.15, 0.2) is 66.7 Å². The number of hydrogen-bond donors (Lipinski definition) is 3. The zero-order chi connectivity index (χ0) is 22.8. The van der Waals surface area contributed by atoms with Crippen molar-refractivity contribution in [1.29, 1.82) is 5.41 Å². The van der Waals surface area contributed by atoms with E-state index < -0.39 is 14.4 Å².